The van der Waals surface area contributed by atoms with Crippen LogP contribution in [0.5, 0.6) is 0 Å². The summed E-state index contributed by atoms with van der Waals surface area (Å²) in [6, 6.07) is 9.14. The van der Waals surface area contributed by atoms with Crippen LogP contribution in [0.3, 0.4) is 0 Å². The minimum atomic E-state index is 0.413. The molecule has 3 rings (SSSR count). The quantitative estimate of drug-likeness (QED) is 0.610. The average molecular weight is 260 g/mol. The van der Waals surface area contributed by atoms with E-state index in [1.807, 2.05) is 0 Å². The molecule has 3 atom stereocenters. The van der Waals surface area contributed by atoms with Crippen LogP contribution in [0.2, 0.25) is 0 Å². The third-order valence-corrected chi connectivity index (χ3v) is 4.66. The first kappa shape index (κ1) is 13.1. The van der Waals surface area contributed by atoms with Gasteiger partial charge in [-0.25, -0.2) is 0 Å². The second-order valence-corrected chi connectivity index (χ2v) is 5.85. The van der Waals surface area contributed by atoms with Gasteiger partial charge in [0.05, 0.1) is 6.10 Å². The summed E-state index contributed by atoms with van der Waals surface area (Å²) in [4.78, 5) is 0. The van der Waals surface area contributed by atoms with Gasteiger partial charge in [0, 0.05) is 18.6 Å². The molecule has 0 amide bonds. The highest BCUT2D eigenvalue weighted by molar-refractivity contribution is 5.41. The van der Waals surface area contributed by atoms with Crippen LogP contribution in [0.15, 0.2) is 24.3 Å². The van der Waals surface area contributed by atoms with E-state index in [-0.39, 0.29) is 0 Å². The molecule has 1 aliphatic carbocycles. The molecule has 3 unspecified atom stereocenters. The maximum atomic E-state index is 5.75. The van der Waals surface area contributed by atoms with Crippen molar-refractivity contribution in [3.05, 3.63) is 35.4 Å². The fraction of sp³-hybridized carbons (Fsp3) is 0.625. The molecule has 1 heterocycles. The van der Waals surface area contributed by atoms with Gasteiger partial charge in [0.2, 0.25) is 0 Å². The maximum absolute atomic E-state index is 5.75. The molecule has 1 aliphatic heterocycles. The molecule has 1 aromatic carbocycles. The van der Waals surface area contributed by atoms with Crippen molar-refractivity contribution in [2.75, 3.05) is 6.61 Å². The Kier molecular flexibility index (Phi) is 4.16. The van der Waals surface area contributed by atoms with Gasteiger partial charge in [-0.2, -0.15) is 0 Å². The zero-order chi connectivity index (χ0) is 13.1. The van der Waals surface area contributed by atoms with Crippen LogP contribution < -0.4 is 11.3 Å². The Morgan fingerprint density at radius 1 is 1.37 bits per heavy atom. The number of benzene rings is 1. The van der Waals surface area contributed by atoms with Gasteiger partial charge in [-0.3, -0.25) is 11.3 Å². The number of hydrogen-bond acceptors (Lipinski definition) is 3. The van der Waals surface area contributed by atoms with Crippen molar-refractivity contribution in [3.63, 3.8) is 0 Å². The van der Waals surface area contributed by atoms with Crippen molar-refractivity contribution < 1.29 is 4.74 Å². The molecule has 3 nitrogen and oxygen atoms in total. The van der Waals surface area contributed by atoms with Gasteiger partial charge in [0.1, 0.15) is 0 Å². The number of fused-ring (bicyclic) bond motifs is 1. The molecular weight excluding hydrogens is 236 g/mol. The SMILES string of the molecule is NNC(CCCC1CCCO1)C1Cc2ccccc21. The van der Waals surface area contributed by atoms with E-state index in [4.69, 9.17) is 10.6 Å². The van der Waals surface area contributed by atoms with Crippen LogP contribution in [-0.2, 0) is 11.2 Å². The molecule has 1 fully saturated rings. The second-order valence-electron chi connectivity index (χ2n) is 5.85. The molecule has 0 spiro atoms. The topological polar surface area (TPSA) is 47.3 Å². The van der Waals surface area contributed by atoms with Crippen LogP contribution in [0.1, 0.15) is 49.1 Å². The van der Waals surface area contributed by atoms with Crippen LogP contribution in [0.4, 0.5) is 0 Å². The fourth-order valence-corrected chi connectivity index (χ4v) is 3.49. The largest absolute Gasteiger partial charge is 0.378 e. The Labute approximate surface area is 115 Å². The highest BCUT2D eigenvalue weighted by Crippen LogP contribution is 2.38. The van der Waals surface area contributed by atoms with Crippen molar-refractivity contribution >= 4 is 0 Å². The normalized spacial score (nSPS) is 26.8. The lowest BCUT2D eigenvalue weighted by Crippen LogP contribution is -2.43. The van der Waals surface area contributed by atoms with Crippen molar-refractivity contribution in [1.82, 2.24) is 5.43 Å². The van der Waals surface area contributed by atoms with Gasteiger partial charge < -0.3 is 4.74 Å². The Bertz CT molecular complexity index is 415. The van der Waals surface area contributed by atoms with E-state index in [9.17, 15) is 0 Å². The number of rotatable bonds is 6. The van der Waals surface area contributed by atoms with Gasteiger partial charge in [0.15, 0.2) is 0 Å². The summed E-state index contributed by atoms with van der Waals surface area (Å²) in [5.41, 5.74) is 6.01. The number of ether oxygens (including phenoxy) is 1. The lowest BCUT2D eigenvalue weighted by atomic mass is 9.72. The summed E-state index contributed by atoms with van der Waals surface area (Å²) in [5, 5.41) is 0. The number of nitrogens with two attached hydrogens (primary N) is 1. The first-order chi connectivity index (χ1) is 9.38. The van der Waals surface area contributed by atoms with Crippen molar-refractivity contribution in [1.29, 1.82) is 0 Å². The van der Waals surface area contributed by atoms with Crippen molar-refractivity contribution in [2.45, 2.75) is 56.6 Å². The third-order valence-electron chi connectivity index (χ3n) is 4.66. The zero-order valence-corrected chi connectivity index (χ0v) is 11.5. The molecule has 3 N–H and O–H groups in total. The van der Waals surface area contributed by atoms with Crippen LogP contribution in [-0.4, -0.2) is 18.8 Å². The van der Waals surface area contributed by atoms with Crippen LogP contribution in [0, 0.1) is 0 Å². The van der Waals surface area contributed by atoms with E-state index in [0.717, 1.165) is 13.0 Å². The van der Waals surface area contributed by atoms with Gasteiger partial charge in [-0.15, -0.1) is 0 Å². The molecule has 104 valence electrons. The molecule has 1 aromatic rings. The second kappa shape index (κ2) is 6.04. The van der Waals surface area contributed by atoms with E-state index in [0.29, 0.717) is 18.1 Å². The molecule has 0 saturated carbocycles. The summed E-state index contributed by atoms with van der Waals surface area (Å²) < 4.78 is 5.67. The summed E-state index contributed by atoms with van der Waals surface area (Å²) in [6.45, 7) is 0.958. The predicted molar refractivity (Wildman–Crippen MR) is 76.8 cm³/mol. The molecular formula is C16H24N2O. The lowest BCUT2D eigenvalue weighted by Gasteiger charge is -2.36. The van der Waals surface area contributed by atoms with E-state index in [1.54, 1.807) is 0 Å². The van der Waals surface area contributed by atoms with E-state index in [2.05, 4.69) is 29.7 Å². The van der Waals surface area contributed by atoms with Gasteiger partial charge >= 0.3 is 0 Å². The smallest absolute Gasteiger partial charge is 0.0576 e. The third kappa shape index (κ3) is 2.83. The molecule has 0 radical (unpaired) electrons. The number of nitrogens with one attached hydrogen (secondary N) is 1. The van der Waals surface area contributed by atoms with E-state index >= 15 is 0 Å². The summed E-state index contributed by atoms with van der Waals surface area (Å²) in [6.07, 6.45) is 7.70. The standard InChI is InChI=1S/C16H24N2O/c17-18-16(9-3-6-13-7-4-10-19-13)15-11-12-5-1-2-8-14(12)15/h1-2,5,8,13,15-16,18H,3-4,6-7,9-11,17H2. The minimum Gasteiger partial charge on any atom is -0.378 e. The first-order valence-electron chi connectivity index (χ1n) is 7.54. The van der Waals surface area contributed by atoms with Gasteiger partial charge in [-0.05, 0) is 49.7 Å². The minimum absolute atomic E-state index is 0.413. The molecule has 0 bridgehead atoms. The molecule has 0 aromatic heterocycles. The predicted octanol–water partition coefficient (Wildman–Crippen LogP) is 2.51. The molecule has 1 saturated heterocycles. The monoisotopic (exact) mass is 260 g/mol. The van der Waals surface area contributed by atoms with Gasteiger partial charge in [0.25, 0.3) is 0 Å². The Hall–Kier alpha value is -0.900. The van der Waals surface area contributed by atoms with Crippen LogP contribution in [0.25, 0.3) is 0 Å². The first-order valence-corrected chi connectivity index (χ1v) is 7.54. The number of hydrazine groups is 1. The molecule has 3 heteroatoms. The Morgan fingerprint density at radius 2 is 2.26 bits per heavy atom. The molecule has 19 heavy (non-hydrogen) atoms. The summed E-state index contributed by atoms with van der Waals surface area (Å²) in [7, 11) is 0. The lowest BCUT2D eigenvalue weighted by molar-refractivity contribution is 0.101. The van der Waals surface area contributed by atoms with E-state index in [1.165, 1.54) is 43.2 Å². The van der Waals surface area contributed by atoms with Crippen LogP contribution >= 0.6 is 0 Å². The average Bonchev–Trinajstić information content (AvgIpc) is 2.91. The Balaban J connectivity index is 1.49. The summed E-state index contributed by atoms with van der Waals surface area (Å²) >= 11 is 0. The van der Waals surface area contributed by atoms with Crippen molar-refractivity contribution in [2.24, 2.45) is 5.84 Å². The van der Waals surface area contributed by atoms with Crippen molar-refractivity contribution in [3.8, 4) is 0 Å². The van der Waals surface area contributed by atoms with E-state index < -0.39 is 0 Å². The fourth-order valence-electron chi connectivity index (χ4n) is 3.49. The highest BCUT2D eigenvalue weighted by atomic mass is 16.5. The highest BCUT2D eigenvalue weighted by Gasteiger charge is 2.31. The van der Waals surface area contributed by atoms with Gasteiger partial charge in [-0.1, -0.05) is 24.3 Å². The zero-order valence-electron chi connectivity index (χ0n) is 11.5. The number of hydrogen-bond donors (Lipinski definition) is 2. The Morgan fingerprint density at radius 3 is 3.00 bits per heavy atom. The maximum Gasteiger partial charge on any atom is 0.0576 e. The molecule has 2 aliphatic rings. The summed E-state index contributed by atoms with van der Waals surface area (Å²) in [5.74, 6) is 6.36.